The number of benzene rings is 1. The molecule has 2 nitrogen and oxygen atoms in total. The molecule has 1 heterocycles. The first-order valence-corrected chi connectivity index (χ1v) is 7.20. The van der Waals surface area contributed by atoms with E-state index in [1.807, 2.05) is 6.26 Å². The van der Waals surface area contributed by atoms with E-state index in [0.29, 0.717) is 12.0 Å². The molecule has 2 aromatic rings. The summed E-state index contributed by atoms with van der Waals surface area (Å²) in [5.41, 5.74) is 4.30. The van der Waals surface area contributed by atoms with Crippen molar-refractivity contribution in [3.63, 3.8) is 0 Å². The highest BCUT2D eigenvalue weighted by Crippen LogP contribution is 2.37. The number of hydrogen-bond donors (Lipinski definition) is 1. The second-order valence-electron chi connectivity index (χ2n) is 5.43. The molecular weight excluding hydrogens is 234 g/mol. The van der Waals surface area contributed by atoms with Crippen molar-refractivity contribution < 1.29 is 4.42 Å². The Kier molecular flexibility index (Phi) is 3.69. The zero-order chi connectivity index (χ0) is 13.1. The summed E-state index contributed by atoms with van der Waals surface area (Å²) in [5, 5.41) is 3.72. The normalized spacial score (nSPS) is 21.5. The van der Waals surface area contributed by atoms with Crippen molar-refractivity contribution in [1.82, 2.24) is 5.32 Å². The molecular formula is C17H21NO. The van der Waals surface area contributed by atoms with Crippen LogP contribution in [0.1, 0.15) is 36.1 Å². The van der Waals surface area contributed by atoms with Gasteiger partial charge in [-0.1, -0.05) is 31.2 Å². The summed E-state index contributed by atoms with van der Waals surface area (Å²) in [4.78, 5) is 0. The number of furan rings is 1. The molecule has 0 fully saturated rings. The van der Waals surface area contributed by atoms with Gasteiger partial charge < -0.3 is 9.73 Å². The van der Waals surface area contributed by atoms with Gasteiger partial charge in [-0.25, -0.2) is 0 Å². The Morgan fingerprint density at radius 2 is 2.16 bits per heavy atom. The first kappa shape index (κ1) is 12.5. The van der Waals surface area contributed by atoms with Crippen LogP contribution < -0.4 is 5.32 Å². The molecule has 1 aliphatic carbocycles. The Morgan fingerprint density at radius 1 is 1.26 bits per heavy atom. The maximum Gasteiger partial charge on any atom is 0.0934 e. The minimum Gasteiger partial charge on any atom is -0.472 e. The third-order valence-corrected chi connectivity index (χ3v) is 4.04. The summed E-state index contributed by atoms with van der Waals surface area (Å²) in [6.45, 7) is 3.31. The lowest BCUT2D eigenvalue weighted by molar-refractivity contribution is 0.386. The molecule has 0 spiro atoms. The fraction of sp³-hybridized carbons (Fsp3) is 0.412. The van der Waals surface area contributed by atoms with Crippen LogP contribution in [0.4, 0.5) is 0 Å². The summed E-state index contributed by atoms with van der Waals surface area (Å²) < 4.78 is 5.20. The SMILES string of the molecule is CCCNC1c2ccccc2CC1Cc1ccoc1. The molecule has 0 amide bonds. The van der Waals surface area contributed by atoms with Crippen LogP contribution >= 0.6 is 0 Å². The molecule has 1 aromatic carbocycles. The second-order valence-corrected chi connectivity index (χ2v) is 5.43. The molecule has 1 aromatic heterocycles. The van der Waals surface area contributed by atoms with Crippen LogP contribution in [0.15, 0.2) is 47.3 Å². The van der Waals surface area contributed by atoms with Gasteiger partial charge in [0.2, 0.25) is 0 Å². The van der Waals surface area contributed by atoms with E-state index >= 15 is 0 Å². The molecule has 3 rings (SSSR count). The van der Waals surface area contributed by atoms with Crippen molar-refractivity contribution in [3.8, 4) is 0 Å². The average Bonchev–Trinajstić information content (AvgIpc) is 3.04. The van der Waals surface area contributed by atoms with Crippen LogP contribution in [0.25, 0.3) is 0 Å². The predicted octanol–water partition coefficient (Wildman–Crippen LogP) is 3.74. The Balaban J connectivity index is 1.80. The maximum atomic E-state index is 5.20. The molecule has 0 radical (unpaired) electrons. The summed E-state index contributed by atoms with van der Waals surface area (Å²) in [5.74, 6) is 0.640. The van der Waals surface area contributed by atoms with Crippen LogP contribution in [-0.2, 0) is 12.8 Å². The Labute approximate surface area is 114 Å². The van der Waals surface area contributed by atoms with Crippen LogP contribution in [0.5, 0.6) is 0 Å². The average molecular weight is 255 g/mol. The van der Waals surface area contributed by atoms with Gasteiger partial charge in [0, 0.05) is 6.04 Å². The molecule has 100 valence electrons. The molecule has 19 heavy (non-hydrogen) atoms. The summed E-state index contributed by atoms with van der Waals surface area (Å²) in [6, 6.07) is 11.4. The zero-order valence-electron chi connectivity index (χ0n) is 11.4. The van der Waals surface area contributed by atoms with E-state index in [1.165, 1.54) is 29.5 Å². The van der Waals surface area contributed by atoms with E-state index < -0.39 is 0 Å². The number of rotatable bonds is 5. The molecule has 0 bridgehead atoms. The van der Waals surface area contributed by atoms with E-state index in [4.69, 9.17) is 4.42 Å². The third kappa shape index (κ3) is 2.59. The lowest BCUT2D eigenvalue weighted by Gasteiger charge is -2.21. The smallest absolute Gasteiger partial charge is 0.0934 e. The van der Waals surface area contributed by atoms with Crippen LogP contribution in [0.3, 0.4) is 0 Å². The quantitative estimate of drug-likeness (QED) is 0.880. The first-order valence-electron chi connectivity index (χ1n) is 7.20. The standard InChI is InChI=1S/C17H21NO/c1-2-8-18-17-15(10-13-7-9-19-12-13)11-14-5-3-4-6-16(14)17/h3-7,9,12,15,17-18H,2,8,10-11H2,1H3. The Hall–Kier alpha value is -1.54. The van der Waals surface area contributed by atoms with E-state index in [2.05, 4.69) is 42.6 Å². The van der Waals surface area contributed by atoms with E-state index in [1.54, 1.807) is 6.26 Å². The molecule has 2 heteroatoms. The highest BCUT2D eigenvalue weighted by molar-refractivity contribution is 5.36. The van der Waals surface area contributed by atoms with Crippen molar-refractivity contribution >= 4 is 0 Å². The zero-order valence-corrected chi connectivity index (χ0v) is 11.4. The van der Waals surface area contributed by atoms with E-state index in [9.17, 15) is 0 Å². The van der Waals surface area contributed by atoms with Gasteiger partial charge in [0.1, 0.15) is 0 Å². The molecule has 1 aliphatic rings. The van der Waals surface area contributed by atoms with Crippen molar-refractivity contribution in [2.75, 3.05) is 6.54 Å². The lowest BCUT2D eigenvalue weighted by atomic mass is 9.94. The van der Waals surface area contributed by atoms with Gasteiger partial charge in [-0.2, -0.15) is 0 Å². The number of fused-ring (bicyclic) bond motifs is 1. The summed E-state index contributed by atoms with van der Waals surface area (Å²) in [6.07, 6.45) is 7.08. The van der Waals surface area contributed by atoms with Crippen molar-refractivity contribution in [3.05, 3.63) is 59.5 Å². The molecule has 1 N–H and O–H groups in total. The Morgan fingerprint density at radius 3 is 2.95 bits per heavy atom. The minimum absolute atomic E-state index is 0.492. The van der Waals surface area contributed by atoms with E-state index in [-0.39, 0.29) is 0 Å². The van der Waals surface area contributed by atoms with Crippen LogP contribution in [0, 0.1) is 5.92 Å². The van der Waals surface area contributed by atoms with Gasteiger partial charge >= 0.3 is 0 Å². The van der Waals surface area contributed by atoms with Gasteiger partial charge in [-0.15, -0.1) is 0 Å². The second kappa shape index (κ2) is 5.62. The fourth-order valence-electron chi connectivity index (χ4n) is 3.16. The predicted molar refractivity (Wildman–Crippen MR) is 77.1 cm³/mol. The van der Waals surface area contributed by atoms with Crippen LogP contribution in [0.2, 0.25) is 0 Å². The van der Waals surface area contributed by atoms with Crippen LogP contribution in [-0.4, -0.2) is 6.54 Å². The van der Waals surface area contributed by atoms with Gasteiger partial charge in [0.05, 0.1) is 12.5 Å². The molecule has 0 aliphatic heterocycles. The number of hydrogen-bond acceptors (Lipinski definition) is 2. The van der Waals surface area contributed by atoms with Crippen molar-refractivity contribution in [2.24, 2.45) is 5.92 Å². The molecule has 2 unspecified atom stereocenters. The van der Waals surface area contributed by atoms with Gasteiger partial charge in [0.25, 0.3) is 0 Å². The minimum atomic E-state index is 0.492. The highest BCUT2D eigenvalue weighted by atomic mass is 16.3. The molecule has 0 saturated heterocycles. The van der Waals surface area contributed by atoms with E-state index in [0.717, 1.165) is 13.0 Å². The largest absolute Gasteiger partial charge is 0.472 e. The Bertz CT molecular complexity index is 516. The summed E-state index contributed by atoms with van der Waals surface area (Å²) >= 11 is 0. The summed E-state index contributed by atoms with van der Waals surface area (Å²) in [7, 11) is 0. The molecule has 2 atom stereocenters. The third-order valence-electron chi connectivity index (χ3n) is 4.04. The molecule has 0 saturated carbocycles. The monoisotopic (exact) mass is 255 g/mol. The first-order chi connectivity index (χ1) is 9.38. The lowest BCUT2D eigenvalue weighted by Crippen LogP contribution is -2.27. The van der Waals surface area contributed by atoms with Crippen molar-refractivity contribution in [1.29, 1.82) is 0 Å². The fourth-order valence-corrected chi connectivity index (χ4v) is 3.16. The van der Waals surface area contributed by atoms with Gasteiger partial charge in [-0.05, 0) is 54.5 Å². The van der Waals surface area contributed by atoms with Crippen molar-refractivity contribution in [2.45, 2.75) is 32.2 Å². The number of nitrogens with one attached hydrogen (secondary N) is 1. The van der Waals surface area contributed by atoms with Gasteiger partial charge in [-0.3, -0.25) is 0 Å². The topological polar surface area (TPSA) is 25.2 Å². The highest BCUT2D eigenvalue weighted by Gasteiger charge is 2.31. The van der Waals surface area contributed by atoms with Gasteiger partial charge in [0.15, 0.2) is 0 Å². The maximum absolute atomic E-state index is 5.20.